The Hall–Kier alpha value is -4.28. The Kier molecular flexibility index (Phi) is 6.71. The number of anilines is 1. The SMILES string of the molecule is CCOC(=O)c1cc(NC(=O)c2ccc3c(=O)n(C)c(=O)n(C)c3n2)cc(C(=O)OCC)c1. The second-order valence-corrected chi connectivity index (χ2v) is 6.97. The molecular weight excluding hydrogens is 432 g/mol. The fraction of sp³-hybridized carbons (Fsp3) is 0.273. The number of aryl methyl sites for hydroxylation is 1. The maximum atomic E-state index is 12.8. The third-order valence-corrected chi connectivity index (χ3v) is 4.75. The van der Waals surface area contributed by atoms with Gasteiger partial charge in [0, 0.05) is 19.8 Å². The van der Waals surface area contributed by atoms with Gasteiger partial charge in [0.25, 0.3) is 11.5 Å². The Morgan fingerprint density at radius 1 is 0.909 bits per heavy atom. The van der Waals surface area contributed by atoms with E-state index in [1.807, 2.05) is 0 Å². The molecule has 0 spiro atoms. The van der Waals surface area contributed by atoms with Gasteiger partial charge >= 0.3 is 17.6 Å². The minimum absolute atomic E-state index is 0.0447. The molecule has 3 aromatic rings. The highest BCUT2D eigenvalue weighted by Gasteiger charge is 2.18. The lowest BCUT2D eigenvalue weighted by molar-refractivity contribution is 0.0525. The highest BCUT2D eigenvalue weighted by Crippen LogP contribution is 2.18. The molecule has 0 aliphatic heterocycles. The van der Waals surface area contributed by atoms with Crippen molar-refractivity contribution < 1.29 is 23.9 Å². The van der Waals surface area contributed by atoms with Crippen LogP contribution in [0.3, 0.4) is 0 Å². The molecule has 0 unspecified atom stereocenters. The molecule has 11 heteroatoms. The lowest BCUT2D eigenvalue weighted by Crippen LogP contribution is -2.37. The van der Waals surface area contributed by atoms with E-state index in [0.717, 1.165) is 9.13 Å². The molecule has 0 aliphatic rings. The molecule has 0 fully saturated rings. The van der Waals surface area contributed by atoms with E-state index in [1.54, 1.807) is 13.8 Å². The van der Waals surface area contributed by atoms with Crippen LogP contribution in [-0.4, -0.2) is 45.2 Å². The van der Waals surface area contributed by atoms with E-state index in [2.05, 4.69) is 10.3 Å². The first-order chi connectivity index (χ1) is 15.7. The van der Waals surface area contributed by atoms with Gasteiger partial charge in [-0.25, -0.2) is 19.4 Å². The number of nitrogens with zero attached hydrogens (tertiary/aromatic N) is 3. The third kappa shape index (κ3) is 4.66. The molecule has 0 saturated heterocycles. The summed E-state index contributed by atoms with van der Waals surface area (Å²) in [5, 5.41) is 2.74. The summed E-state index contributed by atoms with van der Waals surface area (Å²) < 4.78 is 12.1. The molecule has 1 amide bonds. The largest absolute Gasteiger partial charge is 0.462 e. The maximum absolute atomic E-state index is 12.8. The molecule has 2 aromatic heterocycles. The predicted octanol–water partition coefficient (Wildman–Crippen LogP) is 1.24. The van der Waals surface area contributed by atoms with Crippen LogP contribution < -0.4 is 16.6 Å². The van der Waals surface area contributed by atoms with Gasteiger partial charge in [-0.2, -0.15) is 0 Å². The molecule has 0 saturated carbocycles. The van der Waals surface area contributed by atoms with E-state index < -0.39 is 29.1 Å². The quantitative estimate of drug-likeness (QED) is 0.549. The van der Waals surface area contributed by atoms with Gasteiger partial charge in [0.1, 0.15) is 11.3 Å². The summed E-state index contributed by atoms with van der Waals surface area (Å²) in [4.78, 5) is 65.9. The van der Waals surface area contributed by atoms with Gasteiger partial charge in [0.2, 0.25) is 0 Å². The number of hydrogen-bond donors (Lipinski definition) is 1. The van der Waals surface area contributed by atoms with Crippen LogP contribution in [-0.2, 0) is 23.6 Å². The Bertz CT molecular complexity index is 1350. The number of aromatic nitrogens is 3. The van der Waals surface area contributed by atoms with E-state index in [4.69, 9.17) is 9.47 Å². The Balaban J connectivity index is 2.01. The Morgan fingerprint density at radius 3 is 2.03 bits per heavy atom. The number of carbonyl (C=O) groups excluding carboxylic acids is 3. The molecule has 33 heavy (non-hydrogen) atoms. The molecule has 1 aromatic carbocycles. The summed E-state index contributed by atoms with van der Waals surface area (Å²) in [7, 11) is 2.79. The van der Waals surface area contributed by atoms with E-state index in [-0.39, 0.29) is 46.8 Å². The van der Waals surface area contributed by atoms with Crippen LogP contribution in [0.4, 0.5) is 5.69 Å². The summed E-state index contributed by atoms with van der Waals surface area (Å²) in [5.74, 6) is -2.02. The fourth-order valence-electron chi connectivity index (χ4n) is 3.14. The minimum atomic E-state index is -0.680. The molecule has 0 bridgehead atoms. The molecule has 3 rings (SSSR count). The number of ether oxygens (including phenoxy) is 2. The van der Waals surface area contributed by atoms with Gasteiger partial charge in [-0.3, -0.25) is 18.7 Å². The van der Waals surface area contributed by atoms with E-state index in [0.29, 0.717) is 0 Å². The van der Waals surface area contributed by atoms with Crippen LogP contribution in [0.2, 0.25) is 0 Å². The van der Waals surface area contributed by atoms with Crippen LogP contribution >= 0.6 is 0 Å². The molecule has 172 valence electrons. The van der Waals surface area contributed by atoms with Crippen molar-refractivity contribution in [3.63, 3.8) is 0 Å². The number of amides is 1. The van der Waals surface area contributed by atoms with Gasteiger partial charge in [0.05, 0.1) is 29.7 Å². The number of benzene rings is 1. The second-order valence-electron chi connectivity index (χ2n) is 6.97. The molecule has 0 atom stereocenters. The monoisotopic (exact) mass is 454 g/mol. The molecule has 0 aliphatic carbocycles. The number of esters is 2. The van der Waals surface area contributed by atoms with Gasteiger partial charge in [0.15, 0.2) is 0 Å². The van der Waals surface area contributed by atoms with Gasteiger partial charge in [-0.1, -0.05) is 0 Å². The first-order valence-corrected chi connectivity index (χ1v) is 10.0. The zero-order valence-corrected chi connectivity index (χ0v) is 18.5. The van der Waals surface area contributed by atoms with Crippen LogP contribution in [0.1, 0.15) is 45.1 Å². The van der Waals surface area contributed by atoms with Gasteiger partial charge in [-0.05, 0) is 44.2 Å². The van der Waals surface area contributed by atoms with Crippen molar-refractivity contribution in [3.8, 4) is 0 Å². The van der Waals surface area contributed by atoms with Crippen LogP contribution in [0.15, 0.2) is 39.9 Å². The molecule has 2 heterocycles. The standard InChI is InChI=1S/C22H22N4O7/c1-5-32-20(29)12-9-13(21(30)33-6-2)11-14(10-12)23-18(27)16-8-7-15-17(24-16)25(3)22(31)26(4)19(15)28/h7-11H,5-6H2,1-4H3,(H,23,27). The maximum Gasteiger partial charge on any atom is 0.338 e. The molecule has 11 nitrogen and oxygen atoms in total. The number of fused-ring (bicyclic) bond motifs is 1. The number of rotatable bonds is 6. The van der Waals surface area contributed by atoms with Crippen molar-refractivity contribution in [2.24, 2.45) is 14.1 Å². The lowest BCUT2D eigenvalue weighted by Gasteiger charge is -2.11. The van der Waals surface area contributed by atoms with Crippen molar-refractivity contribution in [1.29, 1.82) is 0 Å². The summed E-state index contributed by atoms with van der Waals surface area (Å²) in [6, 6.07) is 6.75. The fourth-order valence-corrected chi connectivity index (χ4v) is 3.14. The summed E-state index contributed by atoms with van der Waals surface area (Å²) in [6.07, 6.45) is 0. The lowest BCUT2D eigenvalue weighted by atomic mass is 10.1. The van der Waals surface area contributed by atoms with Crippen molar-refractivity contribution in [2.45, 2.75) is 13.8 Å². The predicted molar refractivity (Wildman–Crippen MR) is 119 cm³/mol. The van der Waals surface area contributed by atoms with Crippen LogP contribution in [0.25, 0.3) is 11.0 Å². The summed E-state index contributed by atoms with van der Waals surface area (Å²) in [6.45, 7) is 3.54. The van der Waals surface area contributed by atoms with Gasteiger partial charge < -0.3 is 14.8 Å². The highest BCUT2D eigenvalue weighted by atomic mass is 16.5. The first kappa shape index (κ1) is 23.4. The Morgan fingerprint density at radius 2 is 1.48 bits per heavy atom. The molecular formula is C22H22N4O7. The van der Waals surface area contributed by atoms with Crippen LogP contribution in [0, 0.1) is 0 Å². The highest BCUT2D eigenvalue weighted by molar-refractivity contribution is 6.05. The number of pyridine rings is 1. The number of hydrogen-bond acceptors (Lipinski definition) is 8. The summed E-state index contributed by atoms with van der Waals surface area (Å²) >= 11 is 0. The van der Waals surface area contributed by atoms with E-state index in [9.17, 15) is 24.0 Å². The third-order valence-electron chi connectivity index (χ3n) is 4.75. The van der Waals surface area contributed by atoms with Gasteiger partial charge in [-0.15, -0.1) is 0 Å². The average Bonchev–Trinajstić information content (AvgIpc) is 2.81. The van der Waals surface area contributed by atoms with Crippen molar-refractivity contribution in [3.05, 3.63) is 68.0 Å². The minimum Gasteiger partial charge on any atom is -0.462 e. The summed E-state index contributed by atoms with van der Waals surface area (Å²) in [5.41, 5.74) is -0.917. The molecule has 1 N–H and O–H groups in total. The topological polar surface area (TPSA) is 139 Å². The normalized spacial score (nSPS) is 10.7. The van der Waals surface area contributed by atoms with Crippen molar-refractivity contribution in [2.75, 3.05) is 18.5 Å². The number of nitrogens with one attached hydrogen (secondary N) is 1. The average molecular weight is 454 g/mol. The zero-order chi connectivity index (χ0) is 24.3. The Labute approximate surface area is 187 Å². The zero-order valence-electron chi connectivity index (χ0n) is 18.5. The van der Waals surface area contributed by atoms with E-state index >= 15 is 0 Å². The second kappa shape index (κ2) is 9.47. The first-order valence-electron chi connectivity index (χ1n) is 10.0. The van der Waals surface area contributed by atoms with E-state index in [1.165, 1.54) is 44.4 Å². The number of carbonyl (C=O) groups is 3. The van der Waals surface area contributed by atoms with Crippen molar-refractivity contribution in [1.82, 2.24) is 14.1 Å². The van der Waals surface area contributed by atoms with Crippen molar-refractivity contribution >= 4 is 34.6 Å². The van der Waals surface area contributed by atoms with Crippen LogP contribution in [0.5, 0.6) is 0 Å². The molecule has 0 radical (unpaired) electrons. The smallest absolute Gasteiger partial charge is 0.338 e.